The van der Waals surface area contributed by atoms with Crippen molar-refractivity contribution in [3.8, 4) is 0 Å². The molecule has 0 unspecified atom stereocenters. The van der Waals surface area contributed by atoms with Crippen molar-refractivity contribution in [1.29, 1.82) is 0 Å². The van der Waals surface area contributed by atoms with Crippen LogP contribution in [-0.2, 0) is 4.79 Å². The first-order chi connectivity index (χ1) is 11.1. The number of hydrogen-bond acceptors (Lipinski definition) is 3. The Kier molecular flexibility index (Phi) is 4.12. The van der Waals surface area contributed by atoms with Gasteiger partial charge in [0.05, 0.1) is 11.7 Å². The zero-order chi connectivity index (χ0) is 16.4. The van der Waals surface area contributed by atoms with E-state index in [0.29, 0.717) is 21.6 Å². The SMILES string of the molecule is C[C@H](C(=O)Nc1ccc(Cl)cc1)n1ncc(=O)c2ccccc21. The molecule has 23 heavy (non-hydrogen) atoms. The van der Waals surface area contributed by atoms with Crippen LogP contribution in [0.2, 0.25) is 5.02 Å². The van der Waals surface area contributed by atoms with Crippen molar-refractivity contribution in [2.45, 2.75) is 13.0 Å². The lowest BCUT2D eigenvalue weighted by Gasteiger charge is -2.16. The molecular weight excluding hydrogens is 314 g/mol. The van der Waals surface area contributed by atoms with Gasteiger partial charge in [-0.3, -0.25) is 14.3 Å². The number of halogens is 1. The van der Waals surface area contributed by atoms with E-state index in [-0.39, 0.29) is 11.3 Å². The highest BCUT2D eigenvalue weighted by Crippen LogP contribution is 2.17. The molecule has 0 fully saturated rings. The maximum atomic E-state index is 12.4. The number of aromatic nitrogens is 2. The molecule has 0 aliphatic rings. The predicted molar refractivity (Wildman–Crippen MR) is 90.8 cm³/mol. The van der Waals surface area contributed by atoms with Crippen LogP contribution in [0.15, 0.2) is 59.5 Å². The van der Waals surface area contributed by atoms with E-state index in [9.17, 15) is 9.59 Å². The predicted octanol–water partition coefficient (Wildman–Crippen LogP) is 3.25. The number of anilines is 1. The molecule has 2 aromatic carbocycles. The smallest absolute Gasteiger partial charge is 0.248 e. The Balaban J connectivity index is 1.92. The van der Waals surface area contributed by atoms with E-state index in [2.05, 4.69) is 10.4 Å². The molecule has 3 rings (SSSR count). The average Bonchev–Trinajstić information content (AvgIpc) is 2.57. The van der Waals surface area contributed by atoms with Crippen molar-refractivity contribution in [2.75, 3.05) is 5.32 Å². The van der Waals surface area contributed by atoms with E-state index in [4.69, 9.17) is 11.6 Å². The highest BCUT2D eigenvalue weighted by Gasteiger charge is 2.17. The first-order valence-corrected chi connectivity index (χ1v) is 7.47. The number of carbonyl (C=O) groups excluding carboxylic acids is 1. The van der Waals surface area contributed by atoms with Gasteiger partial charge in [0.25, 0.3) is 0 Å². The van der Waals surface area contributed by atoms with Crippen LogP contribution in [0.25, 0.3) is 10.9 Å². The topological polar surface area (TPSA) is 64.0 Å². The molecule has 0 saturated heterocycles. The van der Waals surface area contributed by atoms with Crippen LogP contribution >= 0.6 is 11.6 Å². The molecule has 1 atom stereocenters. The Morgan fingerprint density at radius 1 is 1.17 bits per heavy atom. The zero-order valence-electron chi connectivity index (χ0n) is 12.4. The summed E-state index contributed by atoms with van der Waals surface area (Å²) in [5.41, 5.74) is 1.11. The van der Waals surface area contributed by atoms with Crippen LogP contribution in [0.5, 0.6) is 0 Å². The van der Waals surface area contributed by atoms with Crippen molar-refractivity contribution in [1.82, 2.24) is 9.78 Å². The lowest BCUT2D eigenvalue weighted by molar-refractivity contribution is -0.119. The summed E-state index contributed by atoms with van der Waals surface area (Å²) >= 11 is 5.83. The van der Waals surface area contributed by atoms with Crippen molar-refractivity contribution in [3.63, 3.8) is 0 Å². The number of carbonyl (C=O) groups is 1. The third kappa shape index (κ3) is 3.10. The summed E-state index contributed by atoms with van der Waals surface area (Å²) in [6.45, 7) is 1.73. The zero-order valence-corrected chi connectivity index (χ0v) is 13.1. The van der Waals surface area contributed by atoms with Crippen molar-refractivity contribution >= 4 is 34.1 Å². The van der Waals surface area contributed by atoms with Crippen LogP contribution < -0.4 is 10.7 Å². The Labute approximate surface area is 137 Å². The van der Waals surface area contributed by atoms with Crippen LogP contribution in [0.3, 0.4) is 0 Å². The Morgan fingerprint density at radius 3 is 2.61 bits per heavy atom. The normalized spacial score (nSPS) is 12.1. The largest absolute Gasteiger partial charge is 0.324 e. The molecule has 1 amide bonds. The summed E-state index contributed by atoms with van der Waals surface area (Å²) in [4.78, 5) is 24.3. The first-order valence-electron chi connectivity index (χ1n) is 7.09. The molecular formula is C17H14ClN3O2. The number of rotatable bonds is 3. The number of amides is 1. The molecule has 5 nitrogen and oxygen atoms in total. The number of para-hydroxylation sites is 1. The fourth-order valence-electron chi connectivity index (χ4n) is 2.33. The van der Waals surface area contributed by atoms with Crippen LogP contribution in [0.4, 0.5) is 5.69 Å². The van der Waals surface area contributed by atoms with Gasteiger partial charge in [0, 0.05) is 16.1 Å². The molecule has 6 heteroatoms. The van der Waals surface area contributed by atoms with E-state index < -0.39 is 6.04 Å². The summed E-state index contributed by atoms with van der Waals surface area (Å²) in [7, 11) is 0. The van der Waals surface area contributed by atoms with Gasteiger partial charge < -0.3 is 5.32 Å². The number of hydrogen-bond donors (Lipinski definition) is 1. The molecule has 1 heterocycles. The minimum absolute atomic E-state index is 0.165. The molecule has 1 N–H and O–H groups in total. The molecule has 0 radical (unpaired) electrons. The van der Waals surface area contributed by atoms with Crippen LogP contribution in [0, 0.1) is 0 Å². The van der Waals surface area contributed by atoms with Gasteiger partial charge in [0.2, 0.25) is 11.3 Å². The molecule has 3 aromatic rings. The van der Waals surface area contributed by atoms with E-state index in [1.165, 1.54) is 6.20 Å². The standard InChI is InChI=1S/C17H14ClN3O2/c1-11(17(23)20-13-8-6-12(18)7-9-13)21-15-5-3-2-4-14(15)16(22)10-19-21/h2-11H,1H3,(H,20,23)/t11-/m1/s1. The lowest BCUT2D eigenvalue weighted by atomic mass is 10.2. The fraction of sp³-hybridized carbons (Fsp3) is 0.118. The van der Waals surface area contributed by atoms with Gasteiger partial charge in [-0.1, -0.05) is 23.7 Å². The highest BCUT2D eigenvalue weighted by atomic mass is 35.5. The number of nitrogens with zero attached hydrogens (tertiary/aromatic N) is 2. The molecule has 0 bridgehead atoms. The Morgan fingerprint density at radius 2 is 1.87 bits per heavy atom. The van der Waals surface area contributed by atoms with Crippen LogP contribution in [-0.4, -0.2) is 15.7 Å². The molecule has 0 spiro atoms. The Hall–Kier alpha value is -2.66. The summed E-state index contributed by atoms with van der Waals surface area (Å²) in [6, 6.07) is 13.4. The van der Waals surface area contributed by atoms with E-state index in [0.717, 1.165) is 0 Å². The second-order valence-corrected chi connectivity index (χ2v) is 5.58. The van der Waals surface area contributed by atoms with Gasteiger partial charge in [-0.25, -0.2) is 0 Å². The first kappa shape index (κ1) is 15.2. The quantitative estimate of drug-likeness (QED) is 0.803. The third-order valence-corrected chi connectivity index (χ3v) is 3.83. The van der Waals surface area contributed by atoms with Gasteiger partial charge in [-0.2, -0.15) is 5.10 Å². The summed E-state index contributed by atoms with van der Waals surface area (Å²) in [5.74, 6) is -0.228. The maximum Gasteiger partial charge on any atom is 0.248 e. The average molecular weight is 328 g/mol. The number of benzene rings is 2. The second-order valence-electron chi connectivity index (χ2n) is 5.14. The van der Waals surface area contributed by atoms with Gasteiger partial charge >= 0.3 is 0 Å². The molecule has 0 aliphatic carbocycles. The van der Waals surface area contributed by atoms with Crippen molar-refractivity contribution < 1.29 is 4.79 Å². The molecule has 0 aliphatic heterocycles. The van der Waals surface area contributed by atoms with Crippen molar-refractivity contribution in [3.05, 3.63) is 70.0 Å². The minimum Gasteiger partial charge on any atom is -0.324 e. The Bertz CT molecular complexity index is 919. The maximum absolute atomic E-state index is 12.4. The summed E-state index contributed by atoms with van der Waals surface area (Å²) in [5, 5.41) is 8.05. The molecule has 116 valence electrons. The van der Waals surface area contributed by atoms with Crippen molar-refractivity contribution in [2.24, 2.45) is 0 Å². The highest BCUT2D eigenvalue weighted by molar-refractivity contribution is 6.30. The van der Waals surface area contributed by atoms with Gasteiger partial charge in [0.15, 0.2) is 0 Å². The number of fused-ring (bicyclic) bond motifs is 1. The lowest BCUT2D eigenvalue weighted by Crippen LogP contribution is -2.26. The minimum atomic E-state index is -0.573. The third-order valence-electron chi connectivity index (χ3n) is 3.57. The van der Waals surface area contributed by atoms with Gasteiger partial charge in [0.1, 0.15) is 6.04 Å². The van der Waals surface area contributed by atoms with E-state index >= 15 is 0 Å². The number of nitrogens with one attached hydrogen (secondary N) is 1. The summed E-state index contributed by atoms with van der Waals surface area (Å²) in [6.07, 6.45) is 1.23. The van der Waals surface area contributed by atoms with Gasteiger partial charge in [-0.15, -0.1) is 0 Å². The van der Waals surface area contributed by atoms with E-state index in [1.807, 2.05) is 6.07 Å². The van der Waals surface area contributed by atoms with E-state index in [1.54, 1.807) is 54.1 Å². The fourth-order valence-corrected chi connectivity index (χ4v) is 2.45. The summed E-state index contributed by atoms with van der Waals surface area (Å²) < 4.78 is 1.54. The second kappa shape index (κ2) is 6.22. The molecule has 0 saturated carbocycles. The van der Waals surface area contributed by atoms with Crippen LogP contribution in [0.1, 0.15) is 13.0 Å². The molecule has 1 aromatic heterocycles. The van der Waals surface area contributed by atoms with Gasteiger partial charge in [-0.05, 0) is 43.3 Å². The monoisotopic (exact) mass is 327 g/mol.